The predicted octanol–water partition coefficient (Wildman–Crippen LogP) is 3.96. The molecule has 1 unspecified atom stereocenters. The van der Waals surface area contributed by atoms with Crippen LogP contribution in [-0.2, 0) is 38.6 Å². The number of rotatable bonds is 6. The van der Waals surface area contributed by atoms with E-state index in [1.54, 1.807) is 37.4 Å². The zero-order chi connectivity index (χ0) is 39.9. The summed E-state index contributed by atoms with van der Waals surface area (Å²) in [6, 6.07) is 16.4. The standard InChI is InChI=1S/C44H40N8O6/c1-26(53)50-18-14-38-35(24-50)41(49-52(38)30-15-19-58-20-16-30)31-8-3-6-28-21-37(47-23-33(28)31)29-10-11-36(46-22-29)42(55)45-17-4-7-27-5-2-9-32-34(27)25-51(44(32)57)39-12-13-40(54)48-43(39)56/h2-3,5-6,8-11,21-23,30,39H,12-20,24-25H2,1H3,(H,45,55)(H,48,54,56). The number of imide groups is 1. The number of pyridine rings is 2. The lowest BCUT2D eigenvalue weighted by Gasteiger charge is -2.29. The van der Waals surface area contributed by atoms with E-state index in [0.717, 1.165) is 52.4 Å². The van der Waals surface area contributed by atoms with Crippen molar-refractivity contribution in [1.29, 1.82) is 0 Å². The monoisotopic (exact) mass is 776 g/mol. The average Bonchev–Trinajstić information content (AvgIpc) is 3.80. The van der Waals surface area contributed by atoms with Crippen molar-refractivity contribution in [3.8, 4) is 34.4 Å². The molecule has 292 valence electrons. The first-order valence-corrected chi connectivity index (χ1v) is 19.6. The molecule has 2 saturated heterocycles. The van der Waals surface area contributed by atoms with Gasteiger partial charge in [0.15, 0.2) is 0 Å². The van der Waals surface area contributed by atoms with Crippen LogP contribution in [-0.4, -0.2) is 91.4 Å². The summed E-state index contributed by atoms with van der Waals surface area (Å²) in [7, 11) is 0. The van der Waals surface area contributed by atoms with Gasteiger partial charge in [0, 0.05) is 104 Å². The highest BCUT2D eigenvalue weighted by molar-refractivity contribution is 6.05. The highest BCUT2D eigenvalue weighted by atomic mass is 16.5. The van der Waals surface area contributed by atoms with Crippen molar-refractivity contribution in [2.75, 3.05) is 26.3 Å². The Hall–Kier alpha value is -6.72. The molecule has 58 heavy (non-hydrogen) atoms. The topological polar surface area (TPSA) is 169 Å². The molecule has 14 nitrogen and oxygen atoms in total. The second-order valence-electron chi connectivity index (χ2n) is 15.0. The first kappa shape index (κ1) is 36.9. The lowest BCUT2D eigenvalue weighted by Crippen LogP contribution is -2.52. The Morgan fingerprint density at radius 2 is 1.76 bits per heavy atom. The molecule has 5 amide bonds. The number of carbonyl (C=O) groups is 5. The first-order chi connectivity index (χ1) is 28.2. The number of ether oxygens (including phenoxy) is 1. The molecule has 3 aromatic heterocycles. The second kappa shape index (κ2) is 15.3. The minimum absolute atomic E-state index is 0.0502. The highest BCUT2D eigenvalue weighted by Crippen LogP contribution is 2.38. The van der Waals surface area contributed by atoms with Crippen LogP contribution in [0.2, 0.25) is 0 Å². The molecule has 1 atom stereocenters. The highest BCUT2D eigenvalue weighted by Gasteiger charge is 2.40. The fraction of sp³-hybridized carbons (Fsp3) is 0.318. The molecule has 4 aliphatic heterocycles. The van der Waals surface area contributed by atoms with Crippen molar-refractivity contribution < 1.29 is 28.7 Å². The number of piperidine rings is 1. The maximum Gasteiger partial charge on any atom is 0.270 e. The largest absolute Gasteiger partial charge is 0.381 e. The molecule has 14 heteroatoms. The predicted molar refractivity (Wildman–Crippen MR) is 212 cm³/mol. The van der Waals surface area contributed by atoms with Crippen LogP contribution in [0.1, 0.15) is 81.9 Å². The number of carbonyl (C=O) groups excluding carboxylic acids is 5. The van der Waals surface area contributed by atoms with Crippen LogP contribution in [0.5, 0.6) is 0 Å². The van der Waals surface area contributed by atoms with E-state index in [0.29, 0.717) is 48.7 Å². The Balaban J connectivity index is 0.888. The smallest absolute Gasteiger partial charge is 0.270 e. The molecule has 2 aromatic carbocycles. The Labute approximate surface area is 334 Å². The average molecular weight is 777 g/mol. The number of benzene rings is 2. The number of aromatic nitrogens is 4. The summed E-state index contributed by atoms with van der Waals surface area (Å²) < 4.78 is 7.84. The van der Waals surface area contributed by atoms with Gasteiger partial charge in [-0.2, -0.15) is 5.10 Å². The molecule has 2 fully saturated rings. The van der Waals surface area contributed by atoms with Crippen molar-refractivity contribution in [2.24, 2.45) is 0 Å². The molecule has 0 bridgehead atoms. The molecular weight excluding hydrogens is 737 g/mol. The molecule has 0 aliphatic carbocycles. The molecule has 5 aromatic rings. The number of nitrogens with zero attached hydrogens (tertiary/aromatic N) is 6. The Bertz CT molecular complexity index is 2580. The van der Waals surface area contributed by atoms with Gasteiger partial charge < -0.3 is 19.9 Å². The third-order valence-corrected chi connectivity index (χ3v) is 11.5. The number of fused-ring (bicyclic) bond motifs is 3. The normalized spacial score (nSPS) is 18.0. The van der Waals surface area contributed by atoms with E-state index in [2.05, 4.69) is 38.2 Å². The van der Waals surface area contributed by atoms with E-state index < -0.39 is 11.9 Å². The van der Waals surface area contributed by atoms with Gasteiger partial charge in [0.05, 0.1) is 24.0 Å². The lowest BCUT2D eigenvalue weighted by atomic mass is 9.96. The number of hydrogen-bond donors (Lipinski definition) is 2. The van der Waals surface area contributed by atoms with Crippen molar-refractivity contribution >= 4 is 40.3 Å². The van der Waals surface area contributed by atoms with Gasteiger partial charge in [0.1, 0.15) is 11.7 Å². The van der Waals surface area contributed by atoms with Crippen molar-refractivity contribution in [1.82, 2.24) is 40.2 Å². The molecular formula is C44H40N8O6. The van der Waals surface area contributed by atoms with Crippen molar-refractivity contribution in [3.63, 3.8) is 0 Å². The van der Waals surface area contributed by atoms with Gasteiger partial charge in [-0.3, -0.25) is 43.9 Å². The molecule has 7 heterocycles. The summed E-state index contributed by atoms with van der Waals surface area (Å²) in [5.74, 6) is 4.62. The Kier molecular flexibility index (Phi) is 9.74. The van der Waals surface area contributed by atoms with Crippen LogP contribution in [0.25, 0.3) is 33.3 Å². The Morgan fingerprint density at radius 3 is 2.55 bits per heavy atom. The summed E-state index contributed by atoms with van der Waals surface area (Å²) in [6.45, 7) is 4.50. The molecule has 0 saturated carbocycles. The van der Waals surface area contributed by atoms with E-state index in [1.165, 1.54) is 10.6 Å². The molecule has 0 spiro atoms. The fourth-order valence-corrected chi connectivity index (χ4v) is 8.44. The summed E-state index contributed by atoms with van der Waals surface area (Å²) in [4.78, 5) is 75.2. The SMILES string of the molecule is CC(=O)N1CCc2c(c(-c3cccc4cc(-c5ccc(C(=O)NCC#Cc6cccc7c6CN(C6CCC(=O)NC6=O)C7=O)nc5)ncc34)nn2C2CCOCC2)C1. The van der Waals surface area contributed by atoms with Gasteiger partial charge >= 0.3 is 0 Å². The number of nitrogens with one attached hydrogen (secondary N) is 2. The lowest BCUT2D eigenvalue weighted by molar-refractivity contribution is -0.137. The van der Waals surface area contributed by atoms with Crippen LogP contribution < -0.4 is 10.6 Å². The van der Waals surface area contributed by atoms with E-state index in [1.807, 2.05) is 35.4 Å². The third kappa shape index (κ3) is 6.87. The fourth-order valence-electron chi connectivity index (χ4n) is 8.44. The van der Waals surface area contributed by atoms with Gasteiger partial charge in [-0.25, -0.2) is 0 Å². The summed E-state index contributed by atoms with van der Waals surface area (Å²) in [6.07, 6.45) is 6.51. The van der Waals surface area contributed by atoms with Crippen LogP contribution in [0.15, 0.2) is 67.0 Å². The summed E-state index contributed by atoms with van der Waals surface area (Å²) in [5.41, 5.74) is 7.65. The quantitative estimate of drug-likeness (QED) is 0.192. The van der Waals surface area contributed by atoms with Gasteiger partial charge in [-0.15, -0.1) is 0 Å². The third-order valence-electron chi connectivity index (χ3n) is 11.5. The van der Waals surface area contributed by atoms with Gasteiger partial charge in [0.25, 0.3) is 11.8 Å². The van der Waals surface area contributed by atoms with E-state index in [4.69, 9.17) is 14.8 Å². The van der Waals surface area contributed by atoms with Gasteiger partial charge in [0.2, 0.25) is 17.7 Å². The second-order valence-corrected chi connectivity index (χ2v) is 15.0. The summed E-state index contributed by atoms with van der Waals surface area (Å²) >= 11 is 0. The van der Waals surface area contributed by atoms with E-state index in [-0.39, 0.29) is 61.3 Å². The van der Waals surface area contributed by atoms with Crippen LogP contribution in [0, 0.1) is 11.8 Å². The Morgan fingerprint density at radius 1 is 0.931 bits per heavy atom. The van der Waals surface area contributed by atoms with Crippen LogP contribution >= 0.6 is 0 Å². The van der Waals surface area contributed by atoms with Gasteiger partial charge in [-0.05, 0) is 60.5 Å². The zero-order valence-electron chi connectivity index (χ0n) is 31.9. The maximum absolute atomic E-state index is 13.1. The number of amides is 5. The van der Waals surface area contributed by atoms with Crippen molar-refractivity contribution in [2.45, 2.75) is 64.2 Å². The van der Waals surface area contributed by atoms with Crippen molar-refractivity contribution in [3.05, 3.63) is 101 Å². The molecule has 0 radical (unpaired) electrons. The van der Waals surface area contributed by atoms with E-state index >= 15 is 0 Å². The zero-order valence-corrected chi connectivity index (χ0v) is 31.9. The summed E-state index contributed by atoms with van der Waals surface area (Å²) in [5, 5.41) is 12.3. The first-order valence-electron chi connectivity index (χ1n) is 19.6. The van der Waals surface area contributed by atoms with E-state index in [9.17, 15) is 24.0 Å². The molecule has 9 rings (SSSR count). The van der Waals surface area contributed by atoms with Gasteiger partial charge in [-0.1, -0.05) is 36.1 Å². The molecule has 2 N–H and O–H groups in total. The van der Waals surface area contributed by atoms with Crippen LogP contribution in [0.3, 0.4) is 0 Å². The molecule has 4 aliphatic rings. The van der Waals surface area contributed by atoms with Crippen LogP contribution in [0.4, 0.5) is 0 Å². The number of hydrogen-bond acceptors (Lipinski definition) is 9. The minimum atomic E-state index is -0.710. The minimum Gasteiger partial charge on any atom is -0.381 e. The maximum atomic E-state index is 13.1.